The molecule has 0 aliphatic carbocycles. The molecule has 2 N–H and O–H groups in total. The third kappa shape index (κ3) is 3.46. The van der Waals surface area contributed by atoms with Gasteiger partial charge in [-0.1, -0.05) is 23.9 Å². The predicted molar refractivity (Wildman–Crippen MR) is 104 cm³/mol. The zero-order valence-corrected chi connectivity index (χ0v) is 15.6. The van der Waals surface area contributed by atoms with Crippen molar-refractivity contribution in [3.63, 3.8) is 0 Å². The summed E-state index contributed by atoms with van der Waals surface area (Å²) in [6.07, 6.45) is 0. The van der Waals surface area contributed by atoms with Crippen molar-refractivity contribution in [3.05, 3.63) is 64.8 Å². The third-order valence-corrected chi connectivity index (χ3v) is 5.41. The Morgan fingerprint density at radius 3 is 2.67 bits per heavy atom. The number of aromatic amines is 1. The Balaban J connectivity index is 1.50. The fourth-order valence-electron chi connectivity index (χ4n) is 2.87. The van der Waals surface area contributed by atoms with Crippen molar-refractivity contribution in [3.8, 4) is 11.5 Å². The van der Waals surface area contributed by atoms with Crippen molar-refractivity contribution in [2.45, 2.75) is 24.8 Å². The van der Waals surface area contributed by atoms with E-state index in [1.807, 2.05) is 12.1 Å². The van der Waals surface area contributed by atoms with Crippen LogP contribution >= 0.6 is 11.8 Å². The Morgan fingerprint density at radius 2 is 1.93 bits per heavy atom. The summed E-state index contributed by atoms with van der Waals surface area (Å²) in [6.45, 7) is 4.14. The van der Waals surface area contributed by atoms with Crippen molar-refractivity contribution in [1.82, 2.24) is 15.2 Å². The molecule has 27 heavy (non-hydrogen) atoms. The fourth-order valence-corrected chi connectivity index (χ4v) is 3.59. The van der Waals surface area contributed by atoms with Gasteiger partial charge in [0, 0.05) is 27.9 Å². The number of benzene rings is 2. The topological polar surface area (TPSA) is 92.0 Å². The van der Waals surface area contributed by atoms with E-state index in [-0.39, 0.29) is 5.56 Å². The Hall–Kier alpha value is -3.06. The van der Waals surface area contributed by atoms with Crippen molar-refractivity contribution in [1.29, 1.82) is 0 Å². The van der Waals surface area contributed by atoms with Gasteiger partial charge in [0.2, 0.25) is 5.89 Å². The first-order chi connectivity index (χ1) is 13.0. The van der Waals surface area contributed by atoms with Crippen LogP contribution in [0.4, 0.5) is 0 Å². The first-order valence-corrected chi connectivity index (χ1v) is 9.37. The number of nitrogens with one attached hydrogen (secondary N) is 1. The molecule has 0 atom stereocenters. The van der Waals surface area contributed by atoms with Gasteiger partial charge in [-0.05, 0) is 55.3 Å². The maximum absolute atomic E-state index is 10.9. The van der Waals surface area contributed by atoms with Crippen molar-refractivity contribution >= 4 is 28.6 Å². The SMILES string of the molecule is Cc1[nH]c2ccc(-c3nnc(SCc4ccc(C(=O)O)cc4)o3)cc2c1C. The maximum Gasteiger partial charge on any atom is 0.335 e. The Kier molecular flexibility index (Phi) is 4.45. The fraction of sp³-hybridized carbons (Fsp3) is 0.150. The third-order valence-electron chi connectivity index (χ3n) is 4.52. The van der Waals surface area contributed by atoms with E-state index in [9.17, 15) is 4.79 Å². The molecule has 0 bridgehead atoms. The molecular weight excluding hydrogens is 362 g/mol. The van der Waals surface area contributed by atoms with Crippen LogP contribution in [0.5, 0.6) is 0 Å². The molecule has 7 heteroatoms. The summed E-state index contributed by atoms with van der Waals surface area (Å²) in [6, 6.07) is 12.8. The Bertz CT molecular complexity index is 1130. The summed E-state index contributed by atoms with van der Waals surface area (Å²) in [5, 5.41) is 18.8. The van der Waals surface area contributed by atoms with Crippen molar-refractivity contribution < 1.29 is 14.3 Å². The van der Waals surface area contributed by atoms with Crippen molar-refractivity contribution in [2.75, 3.05) is 0 Å². The minimum Gasteiger partial charge on any atom is -0.478 e. The van der Waals surface area contributed by atoms with E-state index in [0.717, 1.165) is 27.7 Å². The van der Waals surface area contributed by atoms with Crippen LogP contribution in [0.3, 0.4) is 0 Å². The smallest absolute Gasteiger partial charge is 0.335 e. The van der Waals surface area contributed by atoms with E-state index in [1.54, 1.807) is 24.3 Å². The Labute approximate surface area is 159 Å². The second-order valence-corrected chi connectivity index (χ2v) is 7.23. The number of nitrogens with zero attached hydrogens (tertiary/aromatic N) is 2. The highest BCUT2D eigenvalue weighted by Gasteiger charge is 2.12. The first kappa shape index (κ1) is 17.4. The molecule has 0 aliphatic heterocycles. The normalized spacial score (nSPS) is 11.2. The number of H-pyrrole nitrogens is 1. The van der Waals surface area contributed by atoms with Gasteiger partial charge in [0.15, 0.2) is 0 Å². The van der Waals surface area contributed by atoms with Crippen LogP contribution in [0.1, 0.15) is 27.2 Å². The molecule has 2 aromatic carbocycles. The zero-order chi connectivity index (χ0) is 19.0. The van der Waals surface area contributed by atoms with E-state index >= 15 is 0 Å². The molecule has 0 saturated heterocycles. The molecule has 4 aromatic rings. The summed E-state index contributed by atoms with van der Waals surface area (Å²) in [7, 11) is 0. The number of carbonyl (C=O) groups is 1. The Morgan fingerprint density at radius 1 is 1.15 bits per heavy atom. The standard InChI is InChI=1S/C20H17N3O3S/c1-11-12(2)21-17-8-7-15(9-16(11)17)18-22-23-20(26-18)27-10-13-3-5-14(6-4-13)19(24)25/h3-9,21H,10H2,1-2H3,(H,24,25). The minimum absolute atomic E-state index is 0.273. The summed E-state index contributed by atoms with van der Waals surface area (Å²) >= 11 is 1.42. The number of aromatic nitrogens is 3. The molecule has 2 heterocycles. The molecule has 0 saturated carbocycles. The number of hydrogen-bond donors (Lipinski definition) is 2. The first-order valence-electron chi connectivity index (χ1n) is 8.39. The van der Waals surface area contributed by atoms with Gasteiger partial charge in [-0.2, -0.15) is 0 Å². The van der Waals surface area contributed by atoms with Gasteiger partial charge in [0.1, 0.15) is 0 Å². The zero-order valence-electron chi connectivity index (χ0n) is 14.8. The van der Waals surface area contributed by atoms with Gasteiger partial charge in [0.05, 0.1) is 5.56 Å². The lowest BCUT2D eigenvalue weighted by Crippen LogP contribution is -1.95. The molecule has 0 fully saturated rings. The highest BCUT2D eigenvalue weighted by Crippen LogP contribution is 2.29. The second kappa shape index (κ2) is 6.92. The highest BCUT2D eigenvalue weighted by molar-refractivity contribution is 7.98. The van der Waals surface area contributed by atoms with Gasteiger partial charge >= 0.3 is 5.97 Å². The van der Waals surface area contributed by atoms with Crippen LogP contribution in [0.25, 0.3) is 22.4 Å². The summed E-state index contributed by atoms with van der Waals surface area (Å²) in [4.78, 5) is 14.2. The summed E-state index contributed by atoms with van der Waals surface area (Å²) < 4.78 is 5.79. The average molecular weight is 379 g/mol. The molecule has 0 spiro atoms. The van der Waals surface area contributed by atoms with Gasteiger partial charge in [0.25, 0.3) is 5.22 Å². The van der Waals surface area contributed by atoms with Gasteiger partial charge < -0.3 is 14.5 Å². The molecular formula is C20H17N3O3S. The van der Waals surface area contributed by atoms with Gasteiger partial charge in [-0.25, -0.2) is 4.79 Å². The number of carboxylic acid groups (broad SMARTS) is 1. The van der Waals surface area contributed by atoms with E-state index < -0.39 is 5.97 Å². The molecule has 2 aromatic heterocycles. The van der Waals surface area contributed by atoms with E-state index in [0.29, 0.717) is 16.9 Å². The lowest BCUT2D eigenvalue weighted by Gasteiger charge is -1.99. The average Bonchev–Trinajstić information content (AvgIpc) is 3.25. The number of carboxylic acids is 1. The predicted octanol–water partition coefficient (Wildman–Crippen LogP) is 4.83. The van der Waals surface area contributed by atoms with Crippen LogP contribution in [0.15, 0.2) is 52.1 Å². The number of rotatable bonds is 5. The molecule has 4 rings (SSSR count). The van der Waals surface area contributed by atoms with E-state index in [1.165, 1.54) is 17.3 Å². The monoisotopic (exact) mass is 379 g/mol. The van der Waals surface area contributed by atoms with Crippen LogP contribution < -0.4 is 0 Å². The van der Waals surface area contributed by atoms with Crippen LogP contribution in [-0.2, 0) is 5.75 Å². The minimum atomic E-state index is -0.930. The van der Waals surface area contributed by atoms with Crippen LogP contribution in [0, 0.1) is 13.8 Å². The molecule has 136 valence electrons. The molecule has 0 unspecified atom stereocenters. The highest BCUT2D eigenvalue weighted by atomic mass is 32.2. The lowest BCUT2D eigenvalue weighted by molar-refractivity contribution is 0.0697. The van der Waals surface area contributed by atoms with E-state index in [2.05, 4.69) is 35.1 Å². The quantitative estimate of drug-likeness (QED) is 0.483. The maximum atomic E-state index is 10.9. The lowest BCUT2D eigenvalue weighted by atomic mass is 10.1. The molecule has 0 amide bonds. The number of fused-ring (bicyclic) bond motifs is 1. The number of hydrogen-bond acceptors (Lipinski definition) is 5. The second-order valence-electron chi connectivity index (χ2n) is 6.30. The molecule has 0 aliphatic rings. The molecule has 0 radical (unpaired) electrons. The van der Waals surface area contributed by atoms with Gasteiger partial charge in [-0.15, -0.1) is 10.2 Å². The number of thioether (sulfide) groups is 1. The van der Waals surface area contributed by atoms with Gasteiger partial charge in [-0.3, -0.25) is 0 Å². The number of aromatic carboxylic acids is 1. The van der Waals surface area contributed by atoms with Crippen LogP contribution in [-0.4, -0.2) is 26.3 Å². The molecule has 6 nitrogen and oxygen atoms in total. The van der Waals surface area contributed by atoms with E-state index in [4.69, 9.17) is 9.52 Å². The van der Waals surface area contributed by atoms with Crippen molar-refractivity contribution in [2.24, 2.45) is 0 Å². The summed E-state index contributed by atoms with van der Waals surface area (Å²) in [5.74, 6) is 0.177. The van der Waals surface area contributed by atoms with Crippen LogP contribution in [0.2, 0.25) is 0 Å². The summed E-state index contributed by atoms with van der Waals surface area (Å²) in [5.41, 5.74) is 5.60. The largest absolute Gasteiger partial charge is 0.478 e. The number of aryl methyl sites for hydroxylation is 2.